The molecule has 124 valence electrons. The smallest absolute Gasteiger partial charge is 0.341 e. The highest BCUT2D eigenvalue weighted by Gasteiger charge is 2.11. The number of aromatic hydroxyl groups is 1. The molecule has 0 saturated carbocycles. The summed E-state index contributed by atoms with van der Waals surface area (Å²) in [4.78, 5) is 20.2. The molecule has 0 bridgehead atoms. The first-order valence-corrected chi connectivity index (χ1v) is 6.20. The number of methoxy groups -OCH3 is 1. The van der Waals surface area contributed by atoms with Crippen molar-refractivity contribution in [3.63, 3.8) is 0 Å². The van der Waals surface area contributed by atoms with Crippen LogP contribution in [0, 0.1) is 15.9 Å². The molecule has 8 heteroatoms. The molecule has 0 saturated heterocycles. The number of esters is 1. The van der Waals surface area contributed by atoms with Crippen LogP contribution < -0.4 is 0 Å². The standard InChI is InChI=1S/C8H7ClO3.C6H4FNO2.CH4/c1-12-8(11)6-4-5(9)2-3-7(6)10;7-5-3-1-2-4-6(5)8(9)10;/h2-4,10H,1H3;1-4H;1H4. The number of nitrogens with zero attached hydrogens (tertiary/aromatic N) is 1. The Morgan fingerprint density at radius 1 is 1.30 bits per heavy atom. The van der Waals surface area contributed by atoms with Crippen molar-refractivity contribution in [2.24, 2.45) is 0 Å². The number of hydrogen-bond donors (Lipinski definition) is 1. The summed E-state index contributed by atoms with van der Waals surface area (Å²) in [6.07, 6.45) is 0. The Bertz CT molecular complexity index is 693. The number of hydrogen-bond acceptors (Lipinski definition) is 5. The molecule has 2 rings (SSSR count). The van der Waals surface area contributed by atoms with E-state index in [-0.39, 0.29) is 18.7 Å². The lowest BCUT2D eigenvalue weighted by Gasteiger charge is -2.01. The van der Waals surface area contributed by atoms with Crippen LogP contribution in [0.2, 0.25) is 5.02 Å². The average Bonchev–Trinajstić information content (AvgIpc) is 2.49. The van der Waals surface area contributed by atoms with E-state index in [1.807, 2.05) is 0 Å². The molecular weight excluding hydrogens is 329 g/mol. The number of carbonyl (C=O) groups excluding carboxylic acids is 1. The van der Waals surface area contributed by atoms with Crippen molar-refractivity contribution < 1.29 is 24.0 Å². The number of carbonyl (C=O) groups is 1. The Hall–Kier alpha value is -2.67. The molecule has 0 atom stereocenters. The van der Waals surface area contributed by atoms with Gasteiger partial charge in [-0.25, -0.2) is 4.79 Å². The molecule has 6 nitrogen and oxygen atoms in total. The lowest BCUT2D eigenvalue weighted by Crippen LogP contribution is -2.00. The molecule has 0 aromatic heterocycles. The second-order valence-corrected chi connectivity index (χ2v) is 4.30. The first-order valence-electron chi connectivity index (χ1n) is 5.82. The van der Waals surface area contributed by atoms with Crippen LogP contribution in [0.3, 0.4) is 0 Å². The number of phenolic OH excluding ortho intramolecular Hbond substituents is 1. The van der Waals surface area contributed by atoms with E-state index >= 15 is 0 Å². The van der Waals surface area contributed by atoms with E-state index in [0.717, 1.165) is 12.1 Å². The van der Waals surface area contributed by atoms with Gasteiger partial charge >= 0.3 is 11.7 Å². The van der Waals surface area contributed by atoms with Crippen molar-refractivity contribution in [1.82, 2.24) is 0 Å². The van der Waals surface area contributed by atoms with Gasteiger partial charge in [0, 0.05) is 11.1 Å². The number of ether oxygens (including phenoxy) is 1. The van der Waals surface area contributed by atoms with Crippen molar-refractivity contribution in [3.8, 4) is 5.75 Å². The van der Waals surface area contributed by atoms with Crippen molar-refractivity contribution in [2.75, 3.05) is 7.11 Å². The van der Waals surface area contributed by atoms with Gasteiger partial charge in [-0.3, -0.25) is 10.1 Å². The summed E-state index contributed by atoms with van der Waals surface area (Å²) in [5, 5.41) is 19.5. The molecule has 0 radical (unpaired) electrons. The molecule has 0 unspecified atom stereocenters. The predicted octanol–water partition coefficient (Wildman–Crippen LogP) is 4.20. The largest absolute Gasteiger partial charge is 0.507 e. The number of para-hydroxylation sites is 1. The maximum absolute atomic E-state index is 12.4. The monoisotopic (exact) mass is 343 g/mol. The van der Waals surface area contributed by atoms with Crippen LogP contribution in [0.5, 0.6) is 5.75 Å². The van der Waals surface area contributed by atoms with Crippen LogP contribution >= 0.6 is 11.6 Å². The zero-order chi connectivity index (χ0) is 16.7. The minimum Gasteiger partial charge on any atom is -0.507 e. The summed E-state index contributed by atoms with van der Waals surface area (Å²) in [5.74, 6) is -1.53. The van der Waals surface area contributed by atoms with E-state index in [1.54, 1.807) is 0 Å². The van der Waals surface area contributed by atoms with Crippen LogP contribution in [0.15, 0.2) is 42.5 Å². The predicted molar refractivity (Wildman–Crippen MR) is 84.2 cm³/mol. The molecular formula is C15H15ClFNO5. The quantitative estimate of drug-likeness (QED) is 0.501. The van der Waals surface area contributed by atoms with Crippen molar-refractivity contribution in [1.29, 1.82) is 0 Å². The van der Waals surface area contributed by atoms with Gasteiger partial charge in [-0.2, -0.15) is 4.39 Å². The van der Waals surface area contributed by atoms with Gasteiger partial charge in [0.25, 0.3) is 0 Å². The summed E-state index contributed by atoms with van der Waals surface area (Å²) in [5.41, 5.74) is -0.410. The van der Waals surface area contributed by atoms with Crippen LogP contribution in [-0.4, -0.2) is 23.1 Å². The number of benzene rings is 2. The summed E-state index contributed by atoms with van der Waals surface area (Å²) in [7, 11) is 1.24. The molecule has 0 aliphatic carbocycles. The first kappa shape index (κ1) is 20.3. The molecule has 2 aromatic carbocycles. The first-order chi connectivity index (χ1) is 10.4. The van der Waals surface area contributed by atoms with E-state index in [9.17, 15) is 24.4 Å². The number of rotatable bonds is 2. The van der Waals surface area contributed by atoms with E-state index in [1.165, 1.54) is 37.4 Å². The van der Waals surface area contributed by atoms with Gasteiger partial charge in [0.1, 0.15) is 11.3 Å². The summed E-state index contributed by atoms with van der Waals surface area (Å²) >= 11 is 5.60. The fourth-order valence-electron chi connectivity index (χ4n) is 1.38. The van der Waals surface area contributed by atoms with Gasteiger partial charge in [0.05, 0.1) is 12.0 Å². The highest BCUT2D eigenvalue weighted by Crippen LogP contribution is 2.21. The number of nitro groups is 1. The maximum Gasteiger partial charge on any atom is 0.341 e. The minimum absolute atomic E-state index is 0. The summed E-state index contributed by atoms with van der Waals surface area (Å²) in [6.45, 7) is 0. The fourth-order valence-corrected chi connectivity index (χ4v) is 1.55. The van der Waals surface area contributed by atoms with Crippen molar-refractivity contribution >= 4 is 23.3 Å². The second-order valence-electron chi connectivity index (χ2n) is 3.86. The highest BCUT2D eigenvalue weighted by atomic mass is 35.5. The third kappa shape index (κ3) is 5.91. The molecule has 0 spiro atoms. The van der Waals surface area contributed by atoms with Gasteiger partial charge in [0.15, 0.2) is 0 Å². The molecule has 1 N–H and O–H groups in total. The van der Waals surface area contributed by atoms with E-state index < -0.39 is 22.4 Å². The SMILES string of the molecule is C.COC(=O)c1cc(Cl)ccc1O.O=[N+]([O-])c1ccccc1F. The van der Waals surface area contributed by atoms with Crippen LogP contribution in [0.1, 0.15) is 17.8 Å². The Balaban J connectivity index is 0.000000409. The summed E-state index contributed by atoms with van der Waals surface area (Å²) < 4.78 is 16.8. The normalized spacial score (nSPS) is 9.00. The third-order valence-electron chi connectivity index (χ3n) is 2.41. The van der Waals surface area contributed by atoms with Crippen molar-refractivity contribution in [2.45, 2.75) is 7.43 Å². The fraction of sp³-hybridized carbons (Fsp3) is 0.133. The van der Waals surface area contributed by atoms with Gasteiger partial charge in [0.2, 0.25) is 5.82 Å². The number of phenols is 1. The van der Waals surface area contributed by atoms with Crippen LogP contribution in [-0.2, 0) is 4.74 Å². The average molecular weight is 344 g/mol. The van der Waals surface area contributed by atoms with E-state index in [2.05, 4.69) is 4.74 Å². The Kier molecular flexibility index (Phi) is 8.28. The molecule has 0 fully saturated rings. The molecule has 0 aliphatic rings. The van der Waals surface area contributed by atoms with E-state index in [0.29, 0.717) is 5.02 Å². The lowest BCUT2D eigenvalue weighted by molar-refractivity contribution is -0.387. The lowest BCUT2D eigenvalue weighted by atomic mass is 10.2. The number of nitro benzene ring substituents is 1. The highest BCUT2D eigenvalue weighted by molar-refractivity contribution is 6.31. The zero-order valence-electron chi connectivity index (χ0n) is 11.3. The Morgan fingerprint density at radius 2 is 1.91 bits per heavy atom. The van der Waals surface area contributed by atoms with Gasteiger partial charge < -0.3 is 9.84 Å². The van der Waals surface area contributed by atoms with Crippen molar-refractivity contribution in [3.05, 3.63) is 69.0 Å². The molecule has 23 heavy (non-hydrogen) atoms. The second kappa shape index (κ2) is 9.37. The van der Waals surface area contributed by atoms with Crippen LogP contribution in [0.4, 0.5) is 10.1 Å². The molecule has 2 aromatic rings. The zero-order valence-corrected chi connectivity index (χ0v) is 12.1. The summed E-state index contributed by atoms with van der Waals surface area (Å²) in [6, 6.07) is 9.18. The van der Waals surface area contributed by atoms with Gasteiger partial charge in [-0.1, -0.05) is 31.2 Å². The topological polar surface area (TPSA) is 89.7 Å². The maximum atomic E-state index is 12.4. The Labute approximate surface area is 137 Å². The minimum atomic E-state index is -0.799. The van der Waals surface area contributed by atoms with Crippen LogP contribution in [0.25, 0.3) is 0 Å². The molecule has 0 aliphatic heterocycles. The van der Waals surface area contributed by atoms with Gasteiger partial charge in [-0.05, 0) is 24.3 Å². The Morgan fingerprint density at radius 3 is 2.39 bits per heavy atom. The van der Waals surface area contributed by atoms with Gasteiger partial charge in [-0.15, -0.1) is 0 Å². The molecule has 0 heterocycles. The molecule has 0 amide bonds. The number of halogens is 2. The van der Waals surface area contributed by atoms with E-state index in [4.69, 9.17) is 11.6 Å². The third-order valence-corrected chi connectivity index (χ3v) is 2.65.